The van der Waals surface area contributed by atoms with E-state index >= 15 is 0 Å². The first-order valence-corrected chi connectivity index (χ1v) is 9.47. The van der Waals surface area contributed by atoms with Crippen LogP contribution in [0.25, 0.3) is 22.3 Å². The molecule has 1 heterocycles. The fourth-order valence-electron chi connectivity index (χ4n) is 2.61. The molecule has 0 amide bonds. The molecule has 3 aromatic rings. The van der Waals surface area contributed by atoms with E-state index in [1.165, 1.54) is 30.6 Å². The predicted octanol–water partition coefficient (Wildman–Crippen LogP) is 4.84. The molecule has 0 atom stereocenters. The van der Waals surface area contributed by atoms with Gasteiger partial charge in [-0.05, 0) is 47.0 Å². The van der Waals surface area contributed by atoms with Gasteiger partial charge in [0.25, 0.3) is 0 Å². The Morgan fingerprint density at radius 2 is 1.58 bits per heavy atom. The van der Waals surface area contributed by atoms with Gasteiger partial charge < -0.3 is 0 Å². The number of benzene rings is 2. The van der Waals surface area contributed by atoms with Gasteiger partial charge in [-0.15, -0.1) is 0 Å². The Morgan fingerprint density at radius 3 is 2.12 bits per heavy atom. The average Bonchev–Trinajstić information content (AvgIpc) is 2.60. The highest BCUT2D eigenvalue weighted by atomic mass is 32.2. The van der Waals surface area contributed by atoms with Crippen molar-refractivity contribution in [2.24, 2.45) is 0 Å². The normalized spacial score (nSPS) is 12.2. The number of halogens is 3. The van der Waals surface area contributed by atoms with Crippen molar-refractivity contribution in [2.75, 3.05) is 6.26 Å². The summed E-state index contributed by atoms with van der Waals surface area (Å²) in [5.41, 5.74) is 1.34. The summed E-state index contributed by atoms with van der Waals surface area (Å²) in [6.07, 6.45) is -0.335. The Bertz CT molecular complexity index is 1030. The summed E-state index contributed by atoms with van der Waals surface area (Å²) in [5.74, 6) is 0. The monoisotopic (exact) mass is 377 g/mol. The molecule has 7 heteroatoms. The first-order valence-electron chi connectivity index (χ1n) is 7.58. The van der Waals surface area contributed by atoms with Gasteiger partial charge in [-0.2, -0.15) is 13.2 Å². The molecular formula is C19H14F3NO2S. The third-order valence-electron chi connectivity index (χ3n) is 3.91. The van der Waals surface area contributed by atoms with E-state index in [1.54, 1.807) is 24.3 Å². The van der Waals surface area contributed by atoms with Gasteiger partial charge in [0.15, 0.2) is 9.84 Å². The standard InChI is InChI=1S/C19H14F3NO2S/c1-26(24,25)16-7-4-13(5-8-16)17-9-6-15(19(20,21)22)11-18(17)14-3-2-10-23-12-14/h2-12H,1H3. The van der Waals surface area contributed by atoms with Crippen LogP contribution in [0.1, 0.15) is 5.56 Å². The van der Waals surface area contributed by atoms with Gasteiger partial charge in [-0.3, -0.25) is 4.98 Å². The van der Waals surface area contributed by atoms with Crippen LogP contribution in [0.15, 0.2) is 71.9 Å². The lowest BCUT2D eigenvalue weighted by Gasteiger charge is -2.14. The minimum atomic E-state index is -4.46. The van der Waals surface area contributed by atoms with E-state index < -0.39 is 21.6 Å². The zero-order valence-corrected chi connectivity index (χ0v) is 14.5. The molecular weight excluding hydrogens is 363 g/mol. The molecule has 0 radical (unpaired) electrons. The lowest BCUT2D eigenvalue weighted by molar-refractivity contribution is -0.137. The SMILES string of the molecule is CS(=O)(=O)c1ccc(-c2ccc(C(F)(F)F)cc2-c2cccnc2)cc1. The molecule has 0 unspecified atom stereocenters. The molecule has 3 nitrogen and oxygen atoms in total. The van der Waals surface area contributed by atoms with Crippen molar-refractivity contribution in [2.45, 2.75) is 11.1 Å². The van der Waals surface area contributed by atoms with E-state index in [0.29, 0.717) is 22.3 Å². The van der Waals surface area contributed by atoms with Crippen molar-refractivity contribution in [3.8, 4) is 22.3 Å². The van der Waals surface area contributed by atoms with E-state index in [2.05, 4.69) is 4.98 Å². The topological polar surface area (TPSA) is 47.0 Å². The predicted molar refractivity (Wildman–Crippen MR) is 93.2 cm³/mol. The smallest absolute Gasteiger partial charge is 0.264 e. The van der Waals surface area contributed by atoms with Crippen molar-refractivity contribution >= 4 is 9.84 Å². The van der Waals surface area contributed by atoms with E-state index in [9.17, 15) is 21.6 Å². The van der Waals surface area contributed by atoms with E-state index in [-0.39, 0.29) is 4.90 Å². The second kappa shape index (κ2) is 6.57. The zero-order valence-electron chi connectivity index (χ0n) is 13.7. The number of aromatic nitrogens is 1. The molecule has 0 fully saturated rings. The maximum Gasteiger partial charge on any atom is 0.416 e. The fourth-order valence-corrected chi connectivity index (χ4v) is 3.25. The molecule has 0 N–H and O–H groups in total. The Kier molecular flexibility index (Phi) is 4.58. The summed E-state index contributed by atoms with van der Waals surface area (Å²) in [5, 5.41) is 0. The van der Waals surface area contributed by atoms with E-state index in [0.717, 1.165) is 18.4 Å². The highest BCUT2D eigenvalue weighted by Crippen LogP contribution is 2.38. The molecule has 1 aromatic heterocycles. The number of nitrogens with zero attached hydrogens (tertiary/aromatic N) is 1. The molecule has 2 aromatic carbocycles. The second-order valence-corrected chi connectivity index (χ2v) is 7.81. The van der Waals surface area contributed by atoms with Crippen LogP contribution in [0, 0.1) is 0 Å². The number of pyridine rings is 1. The molecule has 0 spiro atoms. The van der Waals surface area contributed by atoms with E-state index in [1.807, 2.05) is 0 Å². The van der Waals surface area contributed by atoms with Gasteiger partial charge in [-0.1, -0.05) is 24.3 Å². The quantitative estimate of drug-likeness (QED) is 0.656. The van der Waals surface area contributed by atoms with Crippen LogP contribution < -0.4 is 0 Å². The minimum Gasteiger partial charge on any atom is -0.264 e. The van der Waals surface area contributed by atoms with Crippen LogP contribution in [0.5, 0.6) is 0 Å². The van der Waals surface area contributed by atoms with Gasteiger partial charge in [-0.25, -0.2) is 8.42 Å². The summed E-state index contributed by atoms with van der Waals surface area (Å²) in [6, 6.07) is 12.8. The summed E-state index contributed by atoms with van der Waals surface area (Å²) in [4.78, 5) is 4.12. The van der Waals surface area contributed by atoms with Crippen LogP contribution in [-0.4, -0.2) is 19.7 Å². The third kappa shape index (κ3) is 3.77. The lowest BCUT2D eigenvalue weighted by Crippen LogP contribution is -2.05. The van der Waals surface area contributed by atoms with E-state index in [4.69, 9.17) is 0 Å². The van der Waals surface area contributed by atoms with Crippen molar-refractivity contribution < 1.29 is 21.6 Å². The highest BCUT2D eigenvalue weighted by molar-refractivity contribution is 7.90. The minimum absolute atomic E-state index is 0.149. The largest absolute Gasteiger partial charge is 0.416 e. The van der Waals surface area contributed by atoms with Gasteiger partial charge in [0, 0.05) is 24.2 Å². The average molecular weight is 377 g/mol. The molecule has 0 aliphatic heterocycles. The zero-order chi connectivity index (χ0) is 18.9. The van der Waals surface area contributed by atoms with Crippen molar-refractivity contribution in [3.05, 3.63) is 72.6 Å². The summed E-state index contributed by atoms with van der Waals surface area (Å²) in [7, 11) is -3.35. The van der Waals surface area contributed by atoms with Crippen molar-refractivity contribution in [3.63, 3.8) is 0 Å². The fraction of sp³-hybridized carbons (Fsp3) is 0.105. The number of alkyl halides is 3. The van der Waals surface area contributed by atoms with Gasteiger partial charge in [0.05, 0.1) is 10.5 Å². The molecule has 0 saturated heterocycles. The Morgan fingerprint density at radius 1 is 0.885 bits per heavy atom. The highest BCUT2D eigenvalue weighted by Gasteiger charge is 2.31. The molecule has 0 aliphatic carbocycles. The third-order valence-corrected chi connectivity index (χ3v) is 5.04. The van der Waals surface area contributed by atoms with Crippen molar-refractivity contribution in [1.29, 1.82) is 0 Å². The lowest BCUT2D eigenvalue weighted by atomic mass is 9.93. The van der Waals surface area contributed by atoms with Crippen LogP contribution in [0.4, 0.5) is 13.2 Å². The van der Waals surface area contributed by atoms with Crippen LogP contribution in [-0.2, 0) is 16.0 Å². The molecule has 134 valence electrons. The molecule has 0 saturated carbocycles. The van der Waals surface area contributed by atoms with Crippen LogP contribution >= 0.6 is 0 Å². The van der Waals surface area contributed by atoms with Crippen LogP contribution in [0.3, 0.4) is 0 Å². The molecule has 3 rings (SSSR count). The maximum absolute atomic E-state index is 13.1. The molecule has 26 heavy (non-hydrogen) atoms. The first kappa shape index (κ1) is 18.1. The molecule has 0 aliphatic rings. The summed E-state index contributed by atoms with van der Waals surface area (Å²) in [6.45, 7) is 0. The summed E-state index contributed by atoms with van der Waals surface area (Å²) >= 11 is 0. The Labute approximate surface area is 149 Å². The number of rotatable bonds is 3. The van der Waals surface area contributed by atoms with Crippen molar-refractivity contribution in [1.82, 2.24) is 4.98 Å². The van der Waals surface area contributed by atoms with Gasteiger partial charge >= 0.3 is 6.18 Å². The number of hydrogen-bond acceptors (Lipinski definition) is 3. The summed E-state index contributed by atoms with van der Waals surface area (Å²) < 4.78 is 62.5. The number of sulfone groups is 1. The Balaban J connectivity index is 2.18. The second-order valence-electron chi connectivity index (χ2n) is 5.80. The maximum atomic E-state index is 13.1. The van der Waals surface area contributed by atoms with Gasteiger partial charge in [0.2, 0.25) is 0 Å². The van der Waals surface area contributed by atoms with Crippen LogP contribution in [0.2, 0.25) is 0 Å². The Hall–Kier alpha value is -2.67. The number of hydrogen-bond donors (Lipinski definition) is 0. The first-order chi connectivity index (χ1) is 12.2. The van der Waals surface area contributed by atoms with Gasteiger partial charge in [0.1, 0.15) is 0 Å². The molecule has 0 bridgehead atoms.